The van der Waals surface area contributed by atoms with Gasteiger partial charge < -0.3 is 0 Å². The van der Waals surface area contributed by atoms with Gasteiger partial charge in [0.25, 0.3) is 0 Å². The standard InChI is InChI=1S/C20H21F5/c1-2-3-4-5-14-6-8-15(9-7-14)16-12-18(21)17(19(22)13-16)10-11-20(23,24)25/h4-5,12-15H,2-3,6-9H2,1H3/b5-4+. The van der Waals surface area contributed by atoms with E-state index < -0.39 is 23.4 Å². The first-order valence-corrected chi connectivity index (χ1v) is 8.55. The molecule has 1 saturated carbocycles. The van der Waals surface area contributed by atoms with Crippen LogP contribution in [0.15, 0.2) is 24.3 Å². The van der Waals surface area contributed by atoms with E-state index >= 15 is 0 Å². The highest BCUT2D eigenvalue weighted by Crippen LogP contribution is 2.37. The SMILES string of the molecule is CCC/C=C/C1CCC(c2cc(F)c(C#CC(F)(F)F)c(F)c2)CC1. The summed E-state index contributed by atoms with van der Waals surface area (Å²) < 4.78 is 64.3. The van der Waals surface area contributed by atoms with Crippen molar-refractivity contribution in [3.63, 3.8) is 0 Å². The van der Waals surface area contributed by atoms with Crippen LogP contribution in [0.4, 0.5) is 22.0 Å². The smallest absolute Gasteiger partial charge is 0.206 e. The fraction of sp³-hybridized carbons (Fsp3) is 0.500. The summed E-state index contributed by atoms with van der Waals surface area (Å²) in [5.41, 5.74) is -0.319. The largest absolute Gasteiger partial charge is 0.458 e. The van der Waals surface area contributed by atoms with Crippen LogP contribution in [0.25, 0.3) is 0 Å². The van der Waals surface area contributed by atoms with Gasteiger partial charge in [-0.25, -0.2) is 8.78 Å². The number of unbranched alkanes of at least 4 members (excludes halogenated alkanes) is 1. The zero-order valence-corrected chi connectivity index (χ0v) is 14.1. The van der Waals surface area contributed by atoms with E-state index in [1.807, 2.05) is 0 Å². The monoisotopic (exact) mass is 356 g/mol. The number of rotatable bonds is 4. The summed E-state index contributed by atoms with van der Waals surface area (Å²) in [5, 5.41) is 0. The van der Waals surface area contributed by atoms with E-state index in [9.17, 15) is 22.0 Å². The van der Waals surface area contributed by atoms with Crippen molar-refractivity contribution < 1.29 is 22.0 Å². The highest BCUT2D eigenvalue weighted by atomic mass is 19.4. The summed E-state index contributed by atoms with van der Waals surface area (Å²) in [4.78, 5) is 0. The lowest BCUT2D eigenvalue weighted by atomic mass is 9.78. The number of hydrogen-bond acceptors (Lipinski definition) is 0. The lowest BCUT2D eigenvalue weighted by molar-refractivity contribution is -0.0696. The Morgan fingerprint density at radius 3 is 2.20 bits per heavy atom. The number of allylic oxidation sites excluding steroid dienone is 2. The Morgan fingerprint density at radius 2 is 1.68 bits per heavy atom. The van der Waals surface area contributed by atoms with Crippen LogP contribution in [0.1, 0.15) is 62.5 Å². The van der Waals surface area contributed by atoms with E-state index in [-0.39, 0.29) is 5.92 Å². The molecule has 1 aliphatic carbocycles. The van der Waals surface area contributed by atoms with Gasteiger partial charge in [-0.2, -0.15) is 13.2 Å². The zero-order valence-electron chi connectivity index (χ0n) is 14.1. The molecule has 0 unspecified atom stereocenters. The molecular formula is C20H21F5. The first-order chi connectivity index (χ1) is 11.8. The summed E-state index contributed by atoms with van der Waals surface area (Å²) in [7, 11) is 0. The Labute approximate surface area is 145 Å². The second-order valence-electron chi connectivity index (χ2n) is 6.44. The highest BCUT2D eigenvalue weighted by molar-refractivity contribution is 5.40. The average Bonchev–Trinajstić information content (AvgIpc) is 2.54. The molecule has 0 N–H and O–H groups in total. The summed E-state index contributed by atoms with van der Waals surface area (Å²) in [6, 6.07) is 2.25. The quantitative estimate of drug-likeness (QED) is 0.328. The minimum Gasteiger partial charge on any atom is -0.206 e. The van der Waals surface area contributed by atoms with E-state index in [4.69, 9.17) is 0 Å². The maximum atomic E-state index is 14.0. The van der Waals surface area contributed by atoms with Crippen LogP contribution in [-0.2, 0) is 0 Å². The molecule has 2 rings (SSSR count). The second kappa shape index (κ2) is 8.51. The Bertz CT molecular complexity index is 645. The van der Waals surface area contributed by atoms with E-state index in [1.165, 1.54) is 0 Å². The van der Waals surface area contributed by atoms with Gasteiger partial charge in [0.1, 0.15) is 11.6 Å². The van der Waals surface area contributed by atoms with Crippen molar-refractivity contribution in [3.8, 4) is 11.8 Å². The van der Waals surface area contributed by atoms with E-state index in [1.54, 1.807) is 5.92 Å². The predicted molar refractivity (Wildman–Crippen MR) is 88.0 cm³/mol. The van der Waals surface area contributed by atoms with Crippen molar-refractivity contribution in [2.75, 3.05) is 0 Å². The Balaban J connectivity index is 2.08. The van der Waals surface area contributed by atoms with Gasteiger partial charge >= 0.3 is 6.18 Å². The molecule has 0 saturated heterocycles. The van der Waals surface area contributed by atoms with Crippen molar-refractivity contribution in [3.05, 3.63) is 47.0 Å². The van der Waals surface area contributed by atoms with Crippen LogP contribution >= 0.6 is 0 Å². The Kier molecular flexibility index (Phi) is 6.64. The van der Waals surface area contributed by atoms with Gasteiger partial charge in [0.05, 0.1) is 5.56 Å². The van der Waals surface area contributed by atoms with Crippen LogP contribution in [-0.4, -0.2) is 6.18 Å². The summed E-state index contributed by atoms with van der Waals surface area (Å²) in [6.07, 6.45) is 5.30. The fourth-order valence-electron chi connectivity index (χ4n) is 3.18. The average molecular weight is 356 g/mol. The number of alkyl halides is 3. The van der Waals surface area contributed by atoms with Gasteiger partial charge in [-0.05, 0) is 61.6 Å². The van der Waals surface area contributed by atoms with Crippen LogP contribution in [0, 0.1) is 29.4 Å². The molecular weight excluding hydrogens is 335 g/mol. The van der Waals surface area contributed by atoms with Crippen molar-refractivity contribution in [1.29, 1.82) is 0 Å². The van der Waals surface area contributed by atoms with Gasteiger partial charge in [0, 0.05) is 5.92 Å². The third-order valence-electron chi connectivity index (χ3n) is 4.50. The fourth-order valence-corrected chi connectivity index (χ4v) is 3.18. The van der Waals surface area contributed by atoms with Crippen molar-refractivity contribution >= 4 is 0 Å². The molecule has 1 aromatic carbocycles. The highest BCUT2D eigenvalue weighted by Gasteiger charge is 2.25. The molecule has 0 nitrogen and oxygen atoms in total. The molecule has 0 aromatic heterocycles. The molecule has 0 bridgehead atoms. The topological polar surface area (TPSA) is 0 Å². The molecule has 0 atom stereocenters. The summed E-state index contributed by atoms with van der Waals surface area (Å²) >= 11 is 0. The molecule has 1 aromatic rings. The van der Waals surface area contributed by atoms with Crippen molar-refractivity contribution in [2.45, 2.75) is 57.5 Å². The number of hydrogen-bond donors (Lipinski definition) is 0. The van der Waals surface area contributed by atoms with Gasteiger partial charge in [0.2, 0.25) is 0 Å². The lowest BCUT2D eigenvalue weighted by Gasteiger charge is -2.27. The summed E-state index contributed by atoms with van der Waals surface area (Å²) in [5.74, 6) is 0.929. The van der Waals surface area contributed by atoms with Gasteiger partial charge in [-0.3, -0.25) is 0 Å². The zero-order chi connectivity index (χ0) is 18.4. The molecule has 1 aliphatic rings. The molecule has 0 radical (unpaired) electrons. The molecule has 0 heterocycles. The van der Waals surface area contributed by atoms with Crippen LogP contribution in [0.5, 0.6) is 0 Å². The molecule has 1 fully saturated rings. The Hall–Kier alpha value is -1.83. The molecule has 5 heteroatoms. The maximum absolute atomic E-state index is 14.0. The number of halogens is 5. The Morgan fingerprint density at radius 1 is 1.08 bits per heavy atom. The first-order valence-electron chi connectivity index (χ1n) is 8.55. The lowest BCUT2D eigenvalue weighted by Crippen LogP contribution is -2.12. The minimum absolute atomic E-state index is 0.0319. The molecule has 25 heavy (non-hydrogen) atoms. The van der Waals surface area contributed by atoms with Gasteiger partial charge in [-0.1, -0.05) is 31.4 Å². The van der Waals surface area contributed by atoms with Crippen LogP contribution < -0.4 is 0 Å². The predicted octanol–water partition coefficient (Wildman–Crippen LogP) is 6.51. The molecule has 0 aliphatic heterocycles. The first kappa shape index (κ1) is 19.5. The molecule has 0 spiro atoms. The summed E-state index contributed by atoms with van der Waals surface area (Å²) in [6.45, 7) is 2.12. The van der Waals surface area contributed by atoms with Crippen LogP contribution in [0.2, 0.25) is 0 Å². The van der Waals surface area contributed by atoms with Crippen molar-refractivity contribution in [2.24, 2.45) is 5.92 Å². The third kappa shape index (κ3) is 5.88. The number of benzene rings is 1. The van der Waals surface area contributed by atoms with Gasteiger partial charge in [-0.15, -0.1) is 0 Å². The normalized spacial score (nSPS) is 21.2. The minimum atomic E-state index is -4.78. The van der Waals surface area contributed by atoms with Crippen LogP contribution in [0.3, 0.4) is 0 Å². The van der Waals surface area contributed by atoms with E-state index in [0.717, 1.165) is 56.6 Å². The molecule has 136 valence electrons. The van der Waals surface area contributed by atoms with Gasteiger partial charge in [0.15, 0.2) is 0 Å². The molecule has 0 amide bonds. The third-order valence-corrected chi connectivity index (χ3v) is 4.50. The maximum Gasteiger partial charge on any atom is 0.458 e. The van der Waals surface area contributed by atoms with E-state index in [2.05, 4.69) is 19.1 Å². The van der Waals surface area contributed by atoms with Crippen molar-refractivity contribution in [1.82, 2.24) is 0 Å². The second-order valence-corrected chi connectivity index (χ2v) is 6.44. The van der Waals surface area contributed by atoms with E-state index in [0.29, 0.717) is 11.5 Å².